The molecule has 4 nitrogen and oxygen atoms in total. The Balaban J connectivity index is 1.31. The van der Waals surface area contributed by atoms with E-state index in [9.17, 15) is 15.1 Å². The molecule has 0 radical (unpaired) electrons. The molecule has 0 N–H and O–H groups in total. The number of hydrogen-bond acceptors (Lipinski definition) is 3. The van der Waals surface area contributed by atoms with E-state index >= 15 is 0 Å². The molecule has 0 saturated heterocycles. The maximum atomic E-state index is 9.81. The van der Waals surface area contributed by atoms with Gasteiger partial charge in [-0.3, -0.25) is 4.57 Å². The second-order valence-corrected chi connectivity index (χ2v) is 11.3. The third-order valence-electron chi connectivity index (χ3n) is 8.36. The first-order chi connectivity index (χ1) is 40.1. The quantitative estimate of drug-likeness (QED) is 0.171. The van der Waals surface area contributed by atoms with E-state index in [-0.39, 0.29) is 0 Å². The zero-order valence-electron chi connectivity index (χ0n) is 58.7. The molecular formula is C50H32N2O2. The van der Waals surface area contributed by atoms with Crippen molar-refractivity contribution in [1.29, 1.82) is 0 Å². The molecule has 0 saturated carbocycles. The van der Waals surface area contributed by atoms with E-state index in [4.69, 9.17) is 37.6 Å². The lowest BCUT2D eigenvalue weighted by Crippen LogP contribution is -2.10. The van der Waals surface area contributed by atoms with Gasteiger partial charge >= 0.3 is 0 Å². The number of nitrogens with zero attached hydrogens (tertiary/aromatic N) is 2. The third kappa shape index (κ3) is 4.70. The molecule has 0 aliphatic carbocycles. The van der Waals surface area contributed by atoms with Crippen LogP contribution < -0.4 is 4.90 Å². The Kier molecular flexibility index (Phi) is 2.79. The fourth-order valence-corrected chi connectivity index (χ4v) is 6.09. The van der Waals surface area contributed by atoms with Crippen LogP contribution in [0.4, 0.5) is 17.1 Å². The van der Waals surface area contributed by atoms with Gasteiger partial charge in [-0.2, -0.15) is 0 Å². The molecule has 0 amide bonds. The van der Waals surface area contributed by atoms with Crippen molar-refractivity contribution in [1.82, 2.24) is 4.57 Å². The fourth-order valence-electron chi connectivity index (χ4n) is 6.09. The maximum absolute atomic E-state index is 9.81. The highest BCUT2D eigenvalue weighted by atomic mass is 16.3. The smallest absolute Gasteiger partial charge is 0.213 e. The number of para-hydroxylation sites is 5. The maximum Gasteiger partial charge on any atom is 0.213 e. The summed E-state index contributed by atoms with van der Waals surface area (Å²) < 4.78 is 300. The zero-order valence-corrected chi connectivity index (χ0v) is 26.7. The highest BCUT2D eigenvalue weighted by Crippen LogP contribution is 2.45. The average Bonchev–Trinajstić information content (AvgIpc) is 1.49. The lowest BCUT2D eigenvalue weighted by atomic mass is 10.0. The van der Waals surface area contributed by atoms with Gasteiger partial charge in [-0.15, -0.1) is 0 Å². The zero-order chi connectivity index (χ0) is 63.4. The Morgan fingerprint density at radius 3 is 1.80 bits per heavy atom. The largest absolute Gasteiger partial charge is 0.454 e. The SMILES string of the molecule is [2H]c1c([2H])c([2H])c(-c2c([2H])c([2H])c(N(c3c([2H])c([2H])c(-c4c([2H])c([2H])c([2H])c5c4oc4c5c5c([2H])c([2H])c([2H])c([2H])c5n4-c4c([2H])c([2H])c([2H])c([2H])c4[2H])c([2H])c3[2H])c3c([2H])c([2H])c([2H])c4c3oc3c([2H])c([2H])c([2H])c([2H])c34)c([2H])c2[2H])c([2H])c1[2H]. The first kappa shape index (κ1) is 12.4. The van der Waals surface area contributed by atoms with Gasteiger partial charge in [0.15, 0.2) is 5.58 Å². The van der Waals surface area contributed by atoms with Crippen molar-refractivity contribution < 1.29 is 52.7 Å². The molecule has 0 fully saturated rings. The van der Waals surface area contributed by atoms with Gasteiger partial charge in [-0.05, 0) is 71.1 Å². The molecule has 4 heteroatoms. The summed E-state index contributed by atoms with van der Waals surface area (Å²) in [6, 6.07) is -32.1. The highest BCUT2D eigenvalue weighted by molar-refractivity contribution is 6.21. The summed E-state index contributed by atoms with van der Waals surface area (Å²) in [6.07, 6.45) is 0. The number of rotatable bonds is 6. The minimum Gasteiger partial charge on any atom is -0.454 e. The molecule has 0 spiro atoms. The van der Waals surface area contributed by atoms with Crippen LogP contribution in [0.3, 0.4) is 0 Å². The predicted octanol–water partition coefficient (Wildman–Crippen LogP) is 14.2. The van der Waals surface area contributed by atoms with Crippen molar-refractivity contribution in [2.45, 2.75) is 0 Å². The summed E-state index contributed by atoms with van der Waals surface area (Å²) in [5.74, 6) is 0. The van der Waals surface area contributed by atoms with Crippen LogP contribution in [0.1, 0.15) is 43.9 Å². The summed E-state index contributed by atoms with van der Waals surface area (Å²) in [5, 5.41) is -2.74. The monoisotopic (exact) mass is 724 g/mol. The lowest BCUT2D eigenvalue weighted by Gasteiger charge is -2.26. The Morgan fingerprint density at radius 2 is 1.02 bits per heavy atom. The molecular weight excluding hydrogens is 661 g/mol. The summed E-state index contributed by atoms with van der Waals surface area (Å²) >= 11 is 0. The second kappa shape index (κ2) is 12.1. The Labute approximate surface area is 356 Å². The van der Waals surface area contributed by atoms with Crippen LogP contribution in [0.25, 0.3) is 82.9 Å². The number of fused-ring (bicyclic) bond motifs is 8. The van der Waals surface area contributed by atoms with Gasteiger partial charge in [0.1, 0.15) is 11.2 Å². The normalized spacial score (nSPS) is 20.0. The van der Waals surface area contributed by atoms with Crippen molar-refractivity contribution in [3.8, 4) is 27.9 Å². The summed E-state index contributed by atoms with van der Waals surface area (Å²) in [4.78, 5) is 0.390. The van der Waals surface area contributed by atoms with Gasteiger partial charge in [-0.1, -0.05) is 139 Å². The molecule has 3 aromatic heterocycles. The van der Waals surface area contributed by atoms with Crippen LogP contribution in [0.5, 0.6) is 0 Å². The summed E-state index contributed by atoms with van der Waals surface area (Å²) in [6.45, 7) is 0. The van der Waals surface area contributed by atoms with Gasteiger partial charge in [0.25, 0.3) is 0 Å². The first-order valence-electron chi connectivity index (χ1n) is 31.7. The number of anilines is 3. The first-order valence-corrected chi connectivity index (χ1v) is 15.7. The molecule has 54 heavy (non-hydrogen) atoms. The molecule has 0 aliphatic heterocycles. The van der Waals surface area contributed by atoms with E-state index in [1.807, 2.05) is 0 Å². The van der Waals surface area contributed by atoms with Crippen LogP contribution in [0, 0.1) is 0 Å². The van der Waals surface area contributed by atoms with Gasteiger partial charge in [0.05, 0.1) is 60.5 Å². The van der Waals surface area contributed by atoms with Crippen molar-refractivity contribution in [3.63, 3.8) is 0 Å². The topological polar surface area (TPSA) is 34.5 Å². The van der Waals surface area contributed by atoms with E-state index in [1.165, 1.54) is 0 Å². The van der Waals surface area contributed by atoms with Crippen LogP contribution in [-0.2, 0) is 0 Å². The highest BCUT2D eigenvalue weighted by Gasteiger charge is 2.22. The number of aromatic nitrogens is 1. The van der Waals surface area contributed by atoms with Crippen molar-refractivity contribution >= 4 is 72.0 Å². The molecule has 0 unspecified atom stereocenters. The second-order valence-electron chi connectivity index (χ2n) is 11.3. The molecule has 3 heterocycles. The number of benzene rings is 8. The van der Waals surface area contributed by atoms with E-state index in [1.54, 1.807) is 0 Å². The van der Waals surface area contributed by atoms with Crippen LogP contribution in [-0.4, -0.2) is 4.57 Å². The van der Waals surface area contributed by atoms with Gasteiger partial charge < -0.3 is 13.7 Å². The van der Waals surface area contributed by atoms with E-state index in [0.717, 1.165) is 4.57 Å². The third-order valence-corrected chi connectivity index (χ3v) is 8.36. The lowest BCUT2D eigenvalue weighted by molar-refractivity contribution is 0.646. The van der Waals surface area contributed by atoms with E-state index < -0.39 is 293 Å². The Hall–Kier alpha value is -7.30. The van der Waals surface area contributed by atoms with Crippen molar-refractivity contribution in [2.24, 2.45) is 0 Å². The minimum atomic E-state index is -1.30. The van der Waals surface area contributed by atoms with Crippen molar-refractivity contribution in [3.05, 3.63) is 193 Å². The number of furan rings is 2. The predicted molar refractivity (Wildman–Crippen MR) is 223 cm³/mol. The standard InChI is InChI=1S/C50H32N2O2/c1-3-13-33(14-4-1)34-25-29-37(30-26-34)51(45-23-12-20-41-40-17-8-10-24-46(40)53-49(41)45)38-31-27-35(28-32-38)39-19-11-21-43-47-42-18-7-9-22-44(42)52(50(47)54-48(39)43)36-15-5-2-6-16-36/h1-32H/i1D,2D,3D,4D,5D,6D,7D,8D,9D,10D,11D,12D,13D,14D,15D,16D,17D,18D,19D,20D,21D,22D,23D,24D,25D,26D,27D,28D,29D,30D,31D,32D. The minimum absolute atomic E-state index is 0.390. The van der Waals surface area contributed by atoms with Crippen LogP contribution in [0.15, 0.2) is 202 Å². The van der Waals surface area contributed by atoms with Gasteiger partial charge in [-0.25, -0.2) is 0 Å². The molecule has 8 aromatic carbocycles. The average molecular weight is 725 g/mol. The molecule has 0 bridgehead atoms. The summed E-state index contributed by atoms with van der Waals surface area (Å²) in [7, 11) is 0. The summed E-state index contributed by atoms with van der Waals surface area (Å²) in [5.41, 5.74) is -11.1. The fraction of sp³-hybridized carbons (Fsp3) is 0. The van der Waals surface area contributed by atoms with Gasteiger partial charge in [0, 0.05) is 44.2 Å². The van der Waals surface area contributed by atoms with E-state index in [2.05, 4.69) is 0 Å². The van der Waals surface area contributed by atoms with Crippen LogP contribution in [0.2, 0.25) is 0 Å². The van der Waals surface area contributed by atoms with E-state index in [0.29, 0.717) is 4.90 Å². The van der Waals surface area contributed by atoms with Crippen molar-refractivity contribution in [2.75, 3.05) is 4.90 Å². The number of hydrogen-bond donors (Lipinski definition) is 0. The molecule has 11 aromatic rings. The Bertz CT molecular complexity index is 4930. The molecule has 254 valence electrons. The molecule has 11 rings (SSSR count). The van der Waals surface area contributed by atoms with Gasteiger partial charge in [0.2, 0.25) is 5.71 Å². The molecule has 0 atom stereocenters. The molecule has 0 aliphatic rings. The van der Waals surface area contributed by atoms with Crippen LogP contribution >= 0.6 is 0 Å². The Morgan fingerprint density at radius 1 is 0.426 bits per heavy atom.